The van der Waals surface area contributed by atoms with Gasteiger partial charge < -0.3 is 5.11 Å². The zero-order valence-corrected chi connectivity index (χ0v) is 8.05. The fourth-order valence-corrected chi connectivity index (χ4v) is 1.65. The second-order valence-electron chi connectivity index (χ2n) is 3.76. The summed E-state index contributed by atoms with van der Waals surface area (Å²) < 4.78 is 0. The van der Waals surface area contributed by atoms with Crippen LogP contribution in [0.3, 0.4) is 0 Å². The number of rotatable bonds is 1. The maximum Gasteiger partial charge on any atom is 0.306 e. The largest absolute Gasteiger partial charge is 0.481 e. The van der Waals surface area contributed by atoms with Gasteiger partial charge in [-0.2, -0.15) is 0 Å². The minimum Gasteiger partial charge on any atom is -0.481 e. The van der Waals surface area contributed by atoms with Crippen molar-refractivity contribution in [3.63, 3.8) is 0 Å². The van der Waals surface area contributed by atoms with Crippen LogP contribution in [0.15, 0.2) is 23.8 Å². The van der Waals surface area contributed by atoms with E-state index in [9.17, 15) is 4.79 Å². The van der Waals surface area contributed by atoms with Crippen molar-refractivity contribution in [2.75, 3.05) is 0 Å². The summed E-state index contributed by atoms with van der Waals surface area (Å²) in [4.78, 5) is 10.8. The van der Waals surface area contributed by atoms with Gasteiger partial charge in [-0.05, 0) is 32.6 Å². The van der Waals surface area contributed by atoms with Crippen molar-refractivity contribution in [3.8, 4) is 0 Å². The van der Waals surface area contributed by atoms with E-state index in [-0.39, 0.29) is 5.92 Å². The number of carbonyl (C=O) groups is 1. The van der Waals surface area contributed by atoms with Crippen LogP contribution in [0.4, 0.5) is 0 Å². The van der Waals surface area contributed by atoms with Crippen molar-refractivity contribution >= 4 is 5.97 Å². The summed E-state index contributed by atoms with van der Waals surface area (Å²) >= 11 is 0. The zero-order valence-electron chi connectivity index (χ0n) is 8.05. The molecule has 0 saturated carbocycles. The van der Waals surface area contributed by atoms with Crippen molar-refractivity contribution in [1.29, 1.82) is 0 Å². The van der Waals surface area contributed by atoms with E-state index in [4.69, 9.17) is 5.11 Å². The van der Waals surface area contributed by atoms with E-state index >= 15 is 0 Å². The summed E-state index contributed by atoms with van der Waals surface area (Å²) in [5.74, 6) is -0.845. The second kappa shape index (κ2) is 4.26. The van der Waals surface area contributed by atoms with Crippen molar-refractivity contribution in [2.24, 2.45) is 5.92 Å². The predicted octanol–water partition coefficient (Wildman–Crippen LogP) is 2.76. The first-order chi connectivity index (χ1) is 6.09. The van der Waals surface area contributed by atoms with E-state index in [1.165, 1.54) is 5.57 Å². The quantitative estimate of drug-likeness (QED) is 0.673. The number of carboxylic acids is 1. The van der Waals surface area contributed by atoms with Gasteiger partial charge in [0.05, 0.1) is 5.92 Å². The van der Waals surface area contributed by atoms with Gasteiger partial charge in [0.1, 0.15) is 0 Å². The average molecular weight is 180 g/mol. The van der Waals surface area contributed by atoms with Crippen LogP contribution in [0.25, 0.3) is 0 Å². The van der Waals surface area contributed by atoms with Gasteiger partial charge in [-0.1, -0.05) is 23.8 Å². The fourth-order valence-electron chi connectivity index (χ4n) is 1.65. The van der Waals surface area contributed by atoms with Crippen LogP contribution in [0.1, 0.15) is 32.6 Å². The van der Waals surface area contributed by atoms with Crippen molar-refractivity contribution < 1.29 is 9.90 Å². The van der Waals surface area contributed by atoms with Crippen molar-refractivity contribution in [3.05, 3.63) is 23.8 Å². The molecule has 0 saturated heterocycles. The molecule has 72 valence electrons. The molecule has 1 rings (SSSR count). The van der Waals surface area contributed by atoms with E-state index in [1.54, 1.807) is 0 Å². The first-order valence-electron chi connectivity index (χ1n) is 4.67. The van der Waals surface area contributed by atoms with Gasteiger partial charge in [-0.3, -0.25) is 4.79 Å². The fraction of sp³-hybridized carbons (Fsp3) is 0.545. The van der Waals surface area contributed by atoms with Crippen LogP contribution in [-0.4, -0.2) is 11.1 Å². The first-order valence-corrected chi connectivity index (χ1v) is 4.67. The highest BCUT2D eigenvalue weighted by Crippen LogP contribution is 2.24. The maximum atomic E-state index is 10.8. The van der Waals surface area contributed by atoms with Crippen LogP contribution in [0, 0.1) is 5.92 Å². The van der Waals surface area contributed by atoms with Gasteiger partial charge in [0.2, 0.25) is 0 Å². The number of aliphatic carboxylic acids is 1. The molecule has 1 aliphatic rings. The second-order valence-corrected chi connectivity index (χ2v) is 3.76. The molecule has 0 spiro atoms. The highest BCUT2D eigenvalue weighted by atomic mass is 16.4. The van der Waals surface area contributed by atoms with E-state index in [2.05, 4.69) is 12.7 Å². The van der Waals surface area contributed by atoms with Crippen LogP contribution in [0.2, 0.25) is 0 Å². The van der Waals surface area contributed by atoms with E-state index in [0.29, 0.717) is 0 Å². The van der Waals surface area contributed by atoms with Crippen LogP contribution in [-0.2, 0) is 4.79 Å². The number of carboxylic acid groups (broad SMARTS) is 1. The Kier molecular flexibility index (Phi) is 3.29. The number of hydrogen-bond donors (Lipinski definition) is 1. The Hall–Kier alpha value is -1.05. The Bertz CT molecular complexity index is 251. The Balaban J connectivity index is 2.65. The molecule has 0 aromatic rings. The van der Waals surface area contributed by atoms with Gasteiger partial charge in [-0.25, -0.2) is 0 Å². The smallest absolute Gasteiger partial charge is 0.306 e. The van der Waals surface area contributed by atoms with Crippen LogP contribution in [0.5, 0.6) is 0 Å². The molecule has 0 aromatic heterocycles. The van der Waals surface area contributed by atoms with Crippen LogP contribution >= 0.6 is 0 Å². The molecule has 0 unspecified atom stereocenters. The predicted molar refractivity (Wildman–Crippen MR) is 52.5 cm³/mol. The van der Waals surface area contributed by atoms with Gasteiger partial charge in [0.25, 0.3) is 0 Å². The summed E-state index contributed by atoms with van der Waals surface area (Å²) in [5, 5.41) is 8.88. The Labute approximate surface area is 79.0 Å². The molecule has 1 N–H and O–H groups in total. The Morgan fingerprint density at radius 2 is 2.15 bits per heavy atom. The average Bonchev–Trinajstić information content (AvgIpc) is 2.00. The van der Waals surface area contributed by atoms with E-state index in [0.717, 1.165) is 31.3 Å². The SMILES string of the molecule is C=C1/C=C(/C)CC[C@H](C(=O)O)CC1. The van der Waals surface area contributed by atoms with Crippen molar-refractivity contribution in [1.82, 2.24) is 0 Å². The molecule has 0 fully saturated rings. The monoisotopic (exact) mass is 180 g/mol. The maximum absolute atomic E-state index is 10.8. The minimum atomic E-state index is -0.664. The lowest BCUT2D eigenvalue weighted by atomic mass is 9.90. The molecule has 0 heterocycles. The molecular weight excluding hydrogens is 164 g/mol. The molecule has 13 heavy (non-hydrogen) atoms. The number of hydrogen-bond acceptors (Lipinski definition) is 1. The normalized spacial score (nSPS) is 28.5. The molecule has 2 nitrogen and oxygen atoms in total. The molecule has 2 heteroatoms. The lowest BCUT2D eigenvalue weighted by molar-refractivity contribution is -0.142. The summed E-state index contributed by atoms with van der Waals surface area (Å²) in [5.41, 5.74) is 2.31. The van der Waals surface area contributed by atoms with Gasteiger partial charge >= 0.3 is 5.97 Å². The lowest BCUT2D eigenvalue weighted by Crippen LogP contribution is -2.14. The zero-order chi connectivity index (χ0) is 9.84. The Morgan fingerprint density at radius 1 is 1.54 bits per heavy atom. The van der Waals surface area contributed by atoms with E-state index < -0.39 is 5.97 Å². The molecule has 1 atom stereocenters. The molecule has 0 aliphatic heterocycles. The molecule has 0 bridgehead atoms. The third-order valence-corrected chi connectivity index (χ3v) is 2.50. The van der Waals surface area contributed by atoms with Gasteiger partial charge in [0, 0.05) is 0 Å². The highest BCUT2D eigenvalue weighted by molar-refractivity contribution is 5.70. The third-order valence-electron chi connectivity index (χ3n) is 2.50. The topological polar surface area (TPSA) is 37.3 Å². The minimum absolute atomic E-state index is 0.180. The molecule has 0 aromatic carbocycles. The summed E-state index contributed by atoms with van der Waals surface area (Å²) in [6.07, 6.45) is 5.28. The van der Waals surface area contributed by atoms with Gasteiger partial charge in [-0.15, -0.1) is 0 Å². The summed E-state index contributed by atoms with van der Waals surface area (Å²) in [6.45, 7) is 5.93. The summed E-state index contributed by atoms with van der Waals surface area (Å²) in [7, 11) is 0. The molecule has 0 amide bonds. The van der Waals surface area contributed by atoms with Crippen LogP contribution < -0.4 is 0 Å². The third kappa shape index (κ3) is 3.05. The standard InChI is InChI=1S/C11H16O2/c1-8-3-5-10(11(12)13)6-4-9(2)7-8/h7,10H,1,3-6H2,2H3,(H,12,13)/b9-7-/t10-/m1/s1. The first kappa shape index (κ1) is 10.0. The molecular formula is C11H16O2. The highest BCUT2D eigenvalue weighted by Gasteiger charge is 2.18. The molecule has 1 aliphatic carbocycles. The summed E-state index contributed by atoms with van der Waals surface area (Å²) in [6, 6.07) is 0. The van der Waals surface area contributed by atoms with Crippen molar-refractivity contribution in [2.45, 2.75) is 32.6 Å². The number of allylic oxidation sites excluding steroid dienone is 3. The Morgan fingerprint density at radius 3 is 2.77 bits per heavy atom. The molecule has 0 radical (unpaired) electrons. The van der Waals surface area contributed by atoms with E-state index in [1.807, 2.05) is 6.92 Å². The van der Waals surface area contributed by atoms with Gasteiger partial charge in [0.15, 0.2) is 0 Å². The lowest BCUT2D eigenvalue weighted by Gasteiger charge is -2.15.